The van der Waals surface area contributed by atoms with Gasteiger partial charge in [0.1, 0.15) is 18.3 Å². The van der Waals surface area contributed by atoms with E-state index >= 15 is 0 Å². The molecule has 2 saturated heterocycles. The fourth-order valence-electron chi connectivity index (χ4n) is 3.53. The maximum atomic E-state index is 12.4. The molecule has 3 aliphatic rings. The number of hydrogen-bond donors (Lipinski definition) is 1. The van der Waals surface area contributed by atoms with Crippen molar-refractivity contribution in [1.29, 1.82) is 0 Å². The third-order valence-corrected chi connectivity index (χ3v) is 5.21. The highest BCUT2D eigenvalue weighted by Crippen LogP contribution is 2.46. The van der Waals surface area contributed by atoms with Crippen LogP contribution in [0.15, 0.2) is 47.6 Å². The highest BCUT2D eigenvalue weighted by molar-refractivity contribution is 5.92. The third-order valence-electron chi connectivity index (χ3n) is 5.21. The van der Waals surface area contributed by atoms with E-state index in [9.17, 15) is 14.7 Å². The van der Waals surface area contributed by atoms with Crippen LogP contribution in [0.1, 0.15) is 27.2 Å². The number of carbonyl (C=O) groups excluding carboxylic acids is 2. The molecule has 2 heterocycles. The quantitative estimate of drug-likeness (QED) is 0.471. The van der Waals surface area contributed by atoms with Gasteiger partial charge < -0.3 is 19.3 Å². The van der Waals surface area contributed by atoms with Crippen LogP contribution in [0.4, 0.5) is 0 Å². The SMILES string of the molecule is C=C1C(=O)O[C@@H]2/C=C(C)\C=C/[C@H]3O[C@]3(C)C[C@@H](OC(=O)/C(=C\C)CO)[C@@H]12. The number of esters is 2. The van der Waals surface area contributed by atoms with Crippen molar-refractivity contribution >= 4 is 11.9 Å². The molecule has 140 valence electrons. The summed E-state index contributed by atoms with van der Waals surface area (Å²) in [6.45, 7) is 8.96. The van der Waals surface area contributed by atoms with Crippen molar-refractivity contribution in [2.45, 2.75) is 51.1 Å². The maximum absolute atomic E-state index is 12.4. The molecule has 1 aliphatic carbocycles. The Morgan fingerprint density at radius 3 is 2.92 bits per heavy atom. The Kier molecular flexibility index (Phi) is 4.90. The van der Waals surface area contributed by atoms with Gasteiger partial charge >= 0.3 is 11.9 Å². The average molecular weight is 360 g/mol. The predicted molar refractivity (Wildman–Crippen MR) is 94.0 cm³/mol. The first-order valence-corrected chi connectivity index (χ1v) is 8.70. The Labute approximate surface area is 152 Å². The summed E-state index contributed by atoms with van der Waals surface area (Å²) >= 11 is 0. The van der Waals surface area contributed by atoms with Crippen LogP contribution in [0.5, 0.6) is 0 Å². The van der Waals surface area contributed by atoms with E-state index in [0.717, 1.165) is 5.57 Å². The largest absolute Gasteiger partial charge is 0.458 e. The van der Waals surface area contributed by atoms with Crippen LogP contribution >= 0.6 is 0 Å². The summed E-state index contributed by atoms with van der Waals surface area (Å²) in [5, 5.41) is 9.33. The molecule has 0 amide bonds. The van der Waals surface area contributed by atoms with Gasteiger partial charge in [0, 0.05) is 12.0 Å². The lowest BCUT2D eigenvalue weighted by Crippen LogP contribution is -2.37. The zero-order chi connectivity index (χ0) is 19.1. The first-order valence-electron chi connectivity index (χ1n) is 8.70. The van der Waals surface area contributed by atoms with Gasteiger partial charge in [0.15, 0.2) is 0 Å². The number of epoxide rings is 1. The van der Waals surface area contributed by atoms with Crippen LogP contribution in [0.2, 0.25) is 0 Å². The number of aliphatic hydroxyl groups is 1. The van der Waals surface area contributed by atoms with Crippen LogP contribution in [0.3, 0.4) is 0 Å². The summed E-state index contributed by atoms with van der Waals surface area (Å²) in [6, 6.07) is 0. The van der Waals surface area contributed by atoms with Gasteiger partial charge in [-0.05, 0) is 26.8 Å². The Bertz CT molecular complexity index is 731. The molecule has 0 unspecified atom stereocenters. The summed E-state index contributed by atoms with van der Waals surface area (Å²) in [5.41, 5.74) is 0.898. The lowest BCUT2D eigenvalue weighted by Gasteiger charge is -2.28. The first-order chi connectivity index (χ1) is 12.3. The Balaban J connectivity index is 1.96. The zero-order valence-electron chi connectivity index (χ0n) is 15.2. The number of rotatable bonds is 3. The number of carbonyl (C=O) groups is 2. The number of fused-ring (bicyclic) bond motifs is 2. The second-order valence-corrected chi connectivity index (χ2v) is 7.16. The molecular weight excluding hydrogens is 336 g/mol. The Morgan fingerprint density at radius 2 is 2.27 bits per heavy atom. The minimum Gasteiger partial charge on any atom is -0.458 e. The fourth-order valence-corrected chi connectivity index (χ4v) is 3.53. The summed E-state index contributed by atoms with van der Waals surface area (Å²) < 4.78 is 16.9. The molecule has 0 aromatic heterocycles. The molecule has 2 aliphatic heterocycles. The molecule has 1 N–H and O–H groups in total. The molecular formula is C20H24O6. The van der Waals surface area contributed by atoms with Crippen LogP contribution in [-0.4, -0.2) is 47.6 Å². The molecule has 0 aromatic carbocycles. The summed E-state index contributed by atoms with van der Waals surface area (Å²) in [6.07, 6.45) is 6.37. The van der Waals surface area contributed by atoms with Crippen molar-refractivity contribution in [3.63, 3.8) is 0 Å². The smallest absolute Gasteiger partial charge is 0.336 e. The highest BCUT2D eigenvalue weighted by atomic mass is 16.6. The van der Waals surface area contributed by atoms with Crippen LogP contribution in [0.25, 0.3) is 0 Å². The molecule has 0 radical (unpaired) electrons. The number of hydrogen-bond acceptors (Lipinski definition) is 6. The highest BCUT2D eigenvalue weighted by Gasteiger charge is 2.56. The van der Waals surface area contributed by atoms with E-state index in [2.05, 4.69) is 6.58 Å². The van der Waals surface area contributed by atoms with Gasteiger partial charge in [-0.25, -0.2) is 9.59 Å². The van der Waals surface area contributed by atoms with Crippen molar-refractivity contribution in [3.05, 3.63) is 47.6 Å². The molecule has 5 atom stereocenters. The minimum atomic E-state index is -0.654. The molecule has 6 nitrogen and oxygen atoms in total. The van der Waals surface area contributed by atoms with Gasteiger partial charge in [-0.2, -0.15) is 0 Å². The number of aliphatic hydroxyl groups excluding tert-OH is 1. The van der Waals surface area contributed by atoms with Crippen LogP contribution < -0.4 is 0 Å². The van der Waals surface area contributed by atoms with Gasteiger partial charge in [-0.1, -0.05) is 30.4 Å². The van der Waals surface area contributed by atoms with E-state index in [1.807, 2.05) is 32.1 Å². The van der Waals surface area contributed by atoms with E-state index < -0.39 is 42.3 Å². The predicted octanol–water partition coefficient (Wildman–Crippen LogP) is 2.00. The van der Waals surface area contributed by atoms with E-state index in [1.165, 1.54) is 6.08 Å². The molecule has 26 heavy (non-hydrogen) atoms. The van der Waals surface area contributed by atoms with Crippen molar-refractivity contribution < 1.29 is 28.9 Å². The normalized spacial score (nSPS) is 39.8. The van der Waals surface area contributed by atoms with E-state index in [0.29, 0.717) is 6.42 Å². The van der Waals surface area contributed by atoms with Gasteiger partial charge in [0.2, 0.25) is 0 Å². The standard InChI is InChI=1S/C20H24O6/c1-5-13(10-21)19(23)25-15-9-20(4)16(26-20)7-6-11(2)8-14-17(15)12(3)18(22)24-14/h5-8,14-17,21H,3,9-10H2,1-2,4H3/b7-6-,11-8-,13-5-/t14-,15-,16-,17+,20-/m1/s1. The molecule has 3 rings (SSSR count). The first kappa shape index (κ1) is 18.6. The second-order valence-electron chi connectivity index (χ2n) is 7.16. The van der Waals surface area contributed by atoms with Crippen molar-refractivity contribution in [1.82, 2.24) is 0 Å². The summed E-state index contributed by atoms with van der Waals surface area (Å²) in [7, 11) is 0. The van der Waals surface area contributed by atoms with Crippen LogP contribution in [-0.2, 0) is 23.8 Å². The van der Waals surface area contributed by atoms with Crippen LogP contribution in [0, 0.1) is 5.92 Å². The van der Waals surface area contributed by atoms with Crippen molar-refractivity contribution in [2.24, 2.45) is 5.92 Å². The lowest BCUT2D eigenvalue weighted by atomic mass is 9.83. The van der Waals surface area contributed by atoms with Gasteiger partial charge in [-0.15, -0.1) is 0 Å². The van der Waals surface area contributed by atoms with E-state index in [4.69, 9.17) is 14.2 Å². The third kappa shape index (κ3) is 3.39. The Hall–Kier alpha value is -2.18. The molecule has 6 heteroatoms. The number of ether oxygens (including phenoxy) is 3. The van der Waals surface area contributed by atoms with E-state index in [-0.39, 0.29) is 17.3 Å². The molecule has 0 spiro atoms. The molecule has 0 bridgehead atoms. The van der Waals surface area contributed by atoms with E-state index in [1.54, 1.807) is 6.92 Å². The fraction of sp³-hybridized carbons (Fsp3) is 0.500. The average Bonchev–Trinajstić information content (AvgIpc) is 3.13. The summed E-state index contributed by atoms with van der Waals surface area (Å²) in [4.78, 5) is 24.5. The zero-order valence-corrected chi connectivity index (χ0v) is 15.2. The summed E-state index contributed by atoms with van der Waals surface area (Å²) in [5.74, 6) is -1.59. The van der Waals surface area contributed by atoms with Crippen molar-refractivity contribution in [2.75, 3.05) is 6.61 Å². The maximum Gasteiger partial charge on any atom is 0.336 e. The number of allylic oxidation sites excluding steroid dienone is 3. The Morgan fingerprint density at radius 1 is 1.54 bits per heavy atom. The van der Waals surface area contributed by atoms with Gasteiger partial charge in [0.25, 0.3) is 0 Å². The molecule has 0 saturated carbocycles. The second kappa shape index (κ2) is 6.85. The van der Waals surface area contributed by atoms with Crippen molar-refractivity contribution in [3.8, 4) is 0 Å². The molecule has 0 aromatic rings. The molecule has 2 fully saturated rings. The minimum absolute atomic E-state index is 0.0751. The monoisotopic (exact) mass is 360 g/mol. The van der Waals surface area contributed by atoms with Gasteiger partial charge in [0.05, 0.1) is 23.7 Å². The van der Waals surface area contributed by atoms with Gasteiger partial charge in [-0.3, -0.25) is 0 Å². The topological polar surface area (TPSA) is 85.4 Å². The lowest BCUT2D eigenvalue weighted by molar-refractivity contribution is -0.148.